The van der Waals surface area contributed by atoms with Crippen LogP contribution < -0.4 is 5.32 Å². The van der Waals surface area contributed by atoms with Crippen LogP contribution >= 0.6 is 0 Å². The molecule has 0 aromatic rings. The molecular weight excluding hydrogens is 204 g/mol. The second kappa shape index (κ2) is 4.00. The molecule has 16 heavy (non-hydrogen) atoms. The summed E-state index contributed by atoms with van der Waals surface area (Å²) in [6.45, 7) is 4.83. The van der Waals surface area contributed by atoms with Gasteiger partial charge in [0.1, 0.15) is 6.10 Å². The molecule has 3 aliphatic heterocycles. The van der Waals surface area contributed by atoms with Crippen molar-refractivity contribution >= 4 is 5.91 Å². The summed E-state index contributed by atoms with van der Waals surface area (Å²) in [6.07, 6.45) is 4.21. The lowest BCUT2D eigenvalue weighted by Gasteiger charge is -2.24. The number of carbonyl (C=O) groups is 1. The maximum absolute atomic E-state index is 12.2. The van der Waals surface area contributed by atoms with Crippen LogP contribution in [0.15, 0.2) is 0 Å². The predicted octanol–water partition coefficient (Wildman–Crippen LogP) is 0.377. The molecule has 0 radical (unpaired) electrons. The second-order valence-corrected chi connectivity index (χ2v) is 5.44. The molecule has 3 heterocycles. The van der Waals surface area contributed by atoms with E-state index in [1.54, 1.807) is 0 Å². The van der Waals surface area contributed by atoms with Crippen molar-refractivity contribution in [3.8, 4) is 0 Å². The van der Waals surface area contributed by atoms with Gasteiger partial charge in [-0.3, -0.25) is 4.79 Å². The summed E-state index contributed by atoms with van der Waals surface area (Å²) in [4.78, 5) is 14.2. The molecule has 4 heteroatoms. The van der Waals surface area contributed by atoms with Gasteiger partial charge in [-0.15, -0.1) is 0 Å². The van der Waals surface area contributed by atoms with E-state index in [2.05, 4.69) is 5.32 Å². The molecule has 3 rings (SSSR count). The lowest BCUT2D eigenvalue weighted by molar-refractivity contribution is -0.140. The van der Waals surface area contributed by atoms with E-state index in [1.165, 1.54) is 12.8 Å². The number of nitrogens with zero attached hydrogens (tertiary/aromatic N) is 1. The van der Waals surface area contributed by atoms with E-state index in [9.17, 15) is 4.79 Å². The van der Waals surface area contributed by atoms with E-state index in [1.807, 2.05) is 4.90 Å². The van der Waals surface area contributed by atoms with E-state index in [0.717, 1.165) is 45.6 Å². The van der Waals surface area contributed by atoms with Crippen LogP contribution in [0.1, 0.15) is 25.7 Å². The molecule has 0 aliphatic carbocycles. The zero-order valence-electron chi connectivity index (χ0n) is 9.71. The highest BCUT2D eigenvalue weighted by molar-refractivity contribution is 5.81. The number of rotatable bonds is 1. The Kier molecular flexibility index (Phi) is 2.64. The summed E-state index contributed by atoms with van der Waals surface area (Å²) in [5.74, 6) is 0.237. The van der Waals surface area contributed by atoms with Crippen molar-refractivity contribution in [2.24, 2.45) is 5.41 Å². The predicted molar refractivity (Wildman–Crippen MR) is 60.1 cm³/mol. The van der Waals surface area contributed by atoms with Crippen LogP contribution in [0, 0.1) is 5.41 Å². The summed E-state index contributed by atoms with van der Waals surface area (Å²) in [5.41, 5.74) is 0.383. The Morgan fingerprint density at radius 2 is 2.38 bits per heavy atom. The van der Waals surface area contributed by atoms with Gasteiger partial charge in [-0.1, -0.05) is 0 Å². The number of likely N-dealkylation sites (tertiary alicyclic amines) is 1. The van der Waals surface area contributed by atoms with Crippen molar-refractivity contribution in [3.63, 3.8) is 0 Å². The van der Waals surface area contributed by atoms with Gasteiger partial charge < -0.3 is 15.0 Å². The van der Waals surface area contributed by atoms with Crippen molar-refractivity contribution in [2.45, 2.75) is 31.8 Å². The van der Waals surface area contributed by atoms with Crippen LogP contribution in [-0.2, 0) is 9.53 Å². The SMILES string of the molecule is O=C(C1CCCO1)N1CCC2(CCNC2)C1. The number of carbonyl (C=O) groups excluding carboxylic acids is 1. The summed E-state index contributed by atoms with van der Waals surface area (Å²) in [5, 5.41) is 3.41. The topological polar surface area (TPSA) is 41.6 Å². The molecule has 2 unspecified atom stereocenters. The fourth-order valence-electron chi connectivity index (χ4n) is 3.24. The van der Waals surface area contributed by atoms with Gasteiger partial charge in [0.25, 0.3) is 5.91 Å². The first-order chi connectivity index (χ1) is 7.79. The maximum Gasteiger partial charge on any atom is 0.251 e. The van der Waals surface area contributed by atoms with Crippen molar-refractivity contribution in [3.05, 3.63) is 0 Å². The van der Waals surface area contributed by atoms with Crippen LogP contribution in [0.3, 0.4) is 0 Å². The van der Waals surface area contributed by atoms with E-state index in [4.69, 9.17) is 4.74 Å². The molecule has 2 atom stereocenters. The molecular formula is C12H20N2O2. The van der Waals surface area contributed by atoms with Gasteiger partial charge in [-0.25, -0.2) is 0 Å². The Hall–Kier alpha value is -0.610. The van der Waals surface area contributed by atoms with E-state index >= 15 is 0 Å². The largest absolute Gasteiger partial charge is 0.368 e. The molecule has 0 saturated carbocycles. The van der Waals surface area contributed by atoms with Gasteiger partial charge in [0.05, 0.1) is 0 Å². The molecule has 3 aliphatic rings. The van der Waals surface area contributed by atoms with Crippen LogP contribution in [0.4, 0.5) is 0 Å². The third-order valence-electron chi connectivity index (χ3n) is 4.29. The van der Waals surface area contributed by atoms with Crippen molar-refractivity contribution < 1.29 is 9.53 Å². The zero-order valence-corrected chi connectivity index (χ0v) is 9.71. The zero-order chi connectivity index (χ0) is 11.0. The van der Waals surface area contributed by atoms with Crippen molar-refractivity contribution in [2.75, 3.05) is 32.8 Å². The Labute approximate surface area is 96.3 Å². The fourth-order valence-corrected chi connectivity index (χ4v) is 3.24. The number of hydrogen-bond acceptors (Lipinski definition) is 3. The van der Waals surface area contributed by atoms with Crippen molar-refractivity contribution in [1.82, 2.24) is 10.2 Å². The lowest BCUT2D eigenvalue weighted by Crippen LogP contribution is -2.39. The number of nitrogens with one attached hydrogen (secondary N) is 1. The molecule has 0 aromatic carbocycles. The third-order valence-corrected chi connectivity index (χ3v) is 4.29. The minimum absolute atomic E-state index is 0.135. The first kappa shape index (κ1) is 10.5. The Balaban J connectivity index is 1.62. The molecule has 1 amide bonds. The first-order valence-corrected chi connectivity index (χ1v) is 6.40. The highest BCUT2D eigenvalue weighted by Gasteiger charge is 2.43. The number of ether oxygens (including phenoxy) is 1. The smallest absolute Gasteiger partial charge is 0.251 e. The molecule has 1 spiro atoms. The summed E-state index contributed by atoms with van der Waals surface area (Å²) >= 11 is 0. The molecule has 1 N–H and O–H groups in total. The Bertz CT molecular complexity index is 281. The highest BCUT2D eigenvalue weighted by Crippen LogP contribution is 2.36. The minimum atomic E-state index is -0.135. The van der Waals surface area contributed by atoms with Gasteiger partial charge >= 0.3 is 0 Å². The fraction of sp³-hybridized carbons (Fsp3) is 0.917. The van der Waals surface area contributed by atoms with Gasteiger partial charge in [-0.2, -0.15) is 0 Å². The molecule has 0 bridgehead atoms. The quantitative estimate of drug-likeness (QED) is 0.700. The van der Waals surface area contributed by atoms with Crippen molar-refractivity contribution in [1.29, 1.82) is 0 Å². The monoisotopic (exact) mass is 224 g/mol. The number of amides is 1. The van der Waals surface area contributed by atoms with E-state index in [0.29, 0.717) is 5.41 Å². The standard InChI is InChI=1S/C12H20N2O2/c15-11(10-2-1-7-16-10)14-6-4-12(9-14)3-5-13-8-12/h10,13H,1-9H2. The average molecular weight is 224 g/mol. The lowest BCUT2D eigenvalue weighted by atomic mass is 9.86. The van der Waals surface area contributed by atoms with Crippen LogP contribution in [0.5, 0.6) is 0 Å². The molecule has 3 fully saturated rings. The third kappa shape index (κ3) is 1.74. The summed E-state index contributed by atoms with van der Waals surface area (Å²) in [7, 11) is 0. The van der Waals surface area contributed by atoms with Gasteiger partial charge in [-0.05, 0) is 32.2 Å². The van der Waals surface area contributed by atoms with Gasteiger partial charge in [0.2, 0.25) is 0 Å². The molecule has 3 saturated heterocycles. The summed E-state index contributed by atoms with van der Waals surface area (Å²) < 4.78 is 5.47. The van der Waals surface area contributed by atoms with Crippen LogP contribution in [0.25, 0.3) is 0 Å². The molecule has 0 aromatic heterocycles. The average Bonchev–Trinajstić information content (AvgIpc) is 3.01. The second-order valence-electron chi connectivity index (χ2n) is 5.44. The first-order valence-electron chi connectivity index (χ1n) is 6.40. The van der Waals surface area contributed by atoms with E-state index < -0.39 is 0 Å². The minimum Gasteiger partial charge on any atom is -0.368 e. The van der Waals surface area contributed by atoms with Crippen LogP contribution in [0.2, 0.25) is 0 Å². The molecule has 4 nitrogen and oxygen atoms in total. The maximum atomic E-state index is 12.2. The van der Waals surface area contributed by atoms with Gasteiger partial charge in [0, 0.05) is 31.7 Å². The van der Waals surface area contributed by atoms with Gasteiger partial charge in [0.15, 0.2) is 0 Å². The van der Waals surface area contributed by atoms with E-state index in [-0.39, 0.29) is 12.0 Å². The Morgan fingerprint density at radius 3 is 3.06 bits per heavy atom. The molecule has 90 valence electrons. The normalized spacial score (nSPS) is 38.8. The van der Waals surface area contributed by atoms with Crippen LogP contribution in [-0.4, -0.2) is 49.7 Å². The highest BCUT2D eigenvalue weighted by atomic mass is 16.5. The number of hydrogen-bond donors (Lipinski definition) is 1. The summed E-state index contributed by atoms with van der Waals surface area (Å²) in [6, 6.07) is 0. The Morgan fingerprint density at radius 1 is 1.44 bits per heavy atom.